The summed E-state index contributed by atoms with van der Waals surface area (Å²) in [5.74, 6) is 0.256. The van der Waals surface area contributed by atoms with Gasteiger partial charge in [0.15, 0.2) is 5.03 Å². The molecule has 1 aliphatic rings. The summed E-state index contributed by atoms with van der Waals surface area (Å²) in [6, 6.07) is 10.2. The van der Waals surface area contributed by atoms with Crippen LogP contribution in [-0.4, -0.2) is 35.8 Å². The minimum atomic E-state index is -3.47. The molecule has 2 aromatic rings. The maximum atomic E-state index is 12.6. The molecule has 6 heteroatoms. The molecule has 1 aliphatic heterocycles. The Labute approximate surface area is 125 Å². The number of hydrogen-bond acceptors (Lipinski definition) is 3. The highest BCUT2D eigenvalue weighted by Crippen LogP contribution is 2.28. The van der Waals surface area contributed by atoms with Gasteiger partial charge in [-0.05, 0) is 24.3 Å². The molecule has 3 rings (SSSR count). The molecule has 1 aromatic carbocycles. The Kier molecular flexibility index (Phi) is 4.07. The summed E-state index contributed by atoms with van der Waals surface area (Å²) in [6.45, 7) is 1.11. The van der Waals surface area contributed by atoms with Crippen molar-refractivity contribution < 1.29 is 8.42 Å². The fourth-order valence-corrected chi connectivity index (χ4v) is 4.27. The van der Waals surface area contributed by atoms with E-state index in [0.29, 0.717) is 13.1 Å². The minimum Gasteiger partial charge on any atom is -0.335 e. The zero-order chi connectivity index (χ0) is 14.7. The fraction of sp³-hybridized carbons (Fsp3) is 0.400. The van der Waals surface area contributed by atoms with Crippen LogP contribution in [0.15, 0.2) is 47.9 Å². The van der Waals surface area contributed by atoms with Crippen LogP contribution in [0.4, 0.5) is 0 Å². The smallest absolute Gasteiger partial charge is 0.260 e. The molecule has 0 radical (unpaired) electrons. The molecule has 1 aromatic heterocycles. The van der Waals surface area contributed by atoms with E-state index in [9.17, 15) is 8.42 Å². The summed E-state index contributed by atoms with van der Waals surface area (Å²) in [5, 5.41) is 0.177. The third-order valence-corrected chi connectivity index (χ3v) is 5.79. The summed E-state index contributed by atoms with van der Waals surface area (Å²) in [7, 11) is -3.47. The third kappa shape index (κ3) is 3.01. The molecule has 0 aliphatic carbocycles. The summed E-state index contributed by atoms with van der Waals surface area (Å²) in [6.07, 6.45) is 5.75. The molecular weight excluding hydrogens is 286 g/mol. The molecule has 1 atom stereocenters. The largest absolute Gasteiger partial charge is 0.335 e. The highest BCUT2D eigenvalue weighted by molar-refractivity contribution is 7.89. The number of imidazole rings is 1. The predicted molar refractivity (Wildman–Crippen MR) is 80.4 cm³/mol. The first-order valence-corrected chi connectivity index (χ1v) is 8.65. The first kappa shape index (κ1) is 14.3. The molecule has 21 heavy (non-hydrogen) atoms. The summed E-state index contributed by atoms with van der Waals surface area (Å²) in [4.78, 5) is 6.53. The lowest BCUT2D eigenvalue weighted by Gasteiger charge is -2.23. The van der Waals surface area contributed by atoms with E-state index < -0.39 is 10.0 Å². The van der Waals surface area contributed by atoms with Gasteiger partial charge in [-0.3, -0.25) is 0 Å². The van der Waals surface area contributed by atoms with Crippen molar-refractivity contribution in [3.63, 3.8) is 0 Å². The lowest BCUT2D eigenvalue weighted by molar-refractivity contribution is 0.405. The number of nitrogens with zero attached hydrogens (tertiary/aromatic N) is 2. The zero-order valence-corrected chi connectivity index (χ0v) is 12.6. The number of H-pyrrole nitrogens is 1. The molecule has 0 spiro atoms. The van der Waals surface area contributed by atoms with Crippen molar-refractivity contribution in [2.45, 2.75) is 30.2 Å². The van der Waals surface area contributed by atoms with E-state index in [4.69, 9.17) is 0 Å². The number of aromatic nitrogens is 2. The average Bonchev–Trinajstić information content (AvgIpc) is 2.93. The van der Waals surface area contributed by atoms with Gasteiger partial charge in [0.05, 0.1) is 12.5 Å². The zero-order valence-electron chi connectivity index (χ0n) is 11.8. The van der Waals surface area contributed by atoms with E-state index in [-0.39, 0.29) is 10.9 Å². The molecule has 1 unspecified atom stereocenters. The van der Waals surface area contributed by atoms with E-state index in [1.165, 1.54) is 18.1 Å². The molecule has 112 valence electrons. The van der Waals surface area contributed by atoms with Crippen LogP contribution in [-0.2, 0) is 10.0 Å². The second-order valence-corrected chi connectivity index (χ2v) is 7.29. The van der Waals surface area contributed by atoms with Crippen LogP contribution >= 0.6 is 0 Å². The molecule has 5 nitrogen and oxygen atoms in total. The number of nitrogens with one attached hydrogen (secondary N) is 1. The van der Waals surface area contributed by atoms with Crippen LogP contribution in [0.2, 0.25) is 0 Å². The van der Waals surface area contributed by atoms with E-state index in [2.05, 4.69) is 22.1 Å². The van der Waals surface area contributed by atoms with Crippen molar-refractivity contribution in [3.05, 3.63) is 48.4 Å². The Hall–Kier alpha value is -1.66. The van der Waals surface area contributed by atoms with Crippen LogP contribution in [0.3, 0.4) is 0 Å². The Morgan fingerprint density at radius 2 is 2.00 bits per heavy atom. The summed E-state index contributed by atoms with van der Waals surface area (Å²) in [5.41, 5.74) is 1.21. The van der Waals surface area contributed by atoms with Crippen molar-refractivity contribution in [3.8, 4) is 0 Å². The maximum absolute atomic E-state index is 12.6. The monoisotopic (exact) mass is 305 g/mol. The average molecular weight is 305 g/mol. The summed E-state index contributed by atoms with van der Waals surface area (Å²) < 4.78 is 26.9. The number of hydrogen-bond donors (Lipinski definition) is 1. The molecule has 1 N–H and O–H groups in total. The standard InChI is InChI=1S/C15H19N3O2S/c19-21(20,15-10-16-12-17-15)18-9-5-4-8-14(11-18)13-6-2-1-3-7-13/h1-3,6-7,10,12,14H,4-5,8-9,11H2,(H,16,17). The molecule has 2 heterocycles. The van der Waals surface area contributed by atoms with Crippen LogP contribution in [0.25, 0.3) is 0 Å². The van der Waals surface area contributed by atoms with Gasteiger partial charge in [0.1, 0.15) is 0 Å². The molecule has 1 fully saturated rings. The molecule has 0 bridgehead atoms. The predicted octanol–water partition coefficient (Wildman–Crippen LogP) is 2.37. The molecule has 0 saturated carbocycles. The SMILES string of the molecule is O=S(=O)(c1cnc[nH]1)N1CCCCC(c2ccccc2)C1. The lowest BCUT2D eigenvalue weighted by Crippen LogP contribution is -2.34. The van der Waals surface area contributed by atoms with Crippen LogP contribution in [0.5, 0.6) is 0 Å². The van der Waals surface area contributed by atoms with E-state index >= 15 is 0 Å². The second-order valence-electron chi connectivity index (χ2n) is 5.38. The van der Waals surface area contributed by atoms with Crippen molar-refractivity contribution in [2.75, 3.05) is 13.1 Å². The van der Waals surface area contributed by atoms with Gasteiger partial charge in [-0.25, -0.2) is 13.4 Å². The van der Waals surface area contributed by atoms with Gasteiger partial charge in [0.2, 0.25) is 0 Å². The van der Waals surface area contributed by atoms with E-state index in [1.807, 2.05) is 18.2 Å². The Morgan fingerprint density at radius 1 is 1.19 bits per heavy atom. The maximum Gasteiger partial charge on any atom is 0.260 e. The molecule has 1 saturated heterocycles. The number of rotatable bonds is 3. The number of sulfonamides is 1. The van der Waals surface area contributed by atoms with Gasteiger partial charge in [-0.1, -0.05) is 36.8 Å². The van der Waals surface area contributed by atoms with Gasteiger partial charge in [0.25, 0.3) is 10.0 Å². The van der Waals surface area contributed by atoms with Gasteiger partial charge in [-0.15, -0.1) is 0 Å². The number of benzene rings is 1. The van der Waals surface area contributed by atoms with E-state index in [0.717, 1.165) is 19.3 Å². The van der Waals surface area contributed by atoms with Crippen LogP contribution in [0, 0.1) is 0 Å². The number of aromatic amines is 1. The Bertz CT molecular complexity index is 668. The van der Waals surface area contributed by atoms with Crippen molar-refractivity contribution in [1.82, 2.24) is 14.3 Å². The third-order valence-electron chi connectivity index (χ3n) is 4.00. The molecule has 0 amide bonds. The Balaban J connectivity index is 1.86. The minimum absolute atomic E-state index is 0.177. The summed E-state index contributed by atoms with van der Waals surface area (Å²) >= 11 is 0. The van der Waals surface area contributed by atoms with Gasteiger partial charge in [-0.2, -0.15) is 4.31 Å². The highest BCUT2D eigenvalue weighted by atomic mass is 32.2. The fourth-order valence-electron chi connectivity index (χ4n) is 2.85. The lowest BCUT2D eigenvalue weighted by atomic mass is 9.95. The normalized spacial score (nSPS) is 21.0. The van der Waals surface area contributed by atoms with Crippen molar-refractivity contribution in [2.24, 2.45) is 0 Å². The highest BCUT2D eigenvalue weighted by Gasteiger charge is 2.30. The quantitative estimate of drug-likeness (QED) is 0.946. The molecular formula is C15H19N3O2S. The topological polar surface area (TPSA) is 66.1 Å². The van der Waals surface area contributed by atoms with Gasteiger partial charge in [0, 0.05) is 13.1 Å². The first-order chi connectivity index (χ1) is 10.2. The van der Waals surface area contributed by atoms with Crippen LogP contribution < -0.4 is 0 Å². The first-order valence-electron chi connectivity index (χ1n) is 7.21. The van der Waals surface area contributed by atoms with Gasteiger partial charge >= 0.3 is 0 Å². The second kappa shape index (κ2) is 5.99. The Morgan fingerprint density at radius 3 is 2.71 bits per heavy atom. The van der Waals surface area contributed by atoms with Gasteiger partial charge < -0.3 is 4.98 Å². The van der Waals surface area contributed by atoms with E-state index in [1.54, 1.807) is 4.31 Å². The van der Waals surface area contributed by atoms with Crippen LogP contribution in [0.1, 0.15) is 30.7 Å². The van der Waals surface area contributed by atoms with Crippen molar-refractivity contribution >= 4 is 10.0 Å². The van der Waals surface area contributed by atoms with Crippen molar-refractivity contribution in [1.29, 1.82) is 0 Å².